The molecule has 1 atom stereocenters. The van der Waals surface area contributed by atoms with Crippen LogP contribution in [-0.4, -0.2) is 29.8 Å². The van der Waals surface area contributed by atoms with Crippen molar-refractivity contribution in [3.05, 3.63) is 51.2 Å². The quantitative estimate of drug-likeness (QED) is 0.347. The molecule has 0 spiro atoms. The van der Waals surface area contributed by atoms with Crippen LogP contribution in [0.5, 0.6) is 0 Å². The number of ether oxygens (including phenoxy) is 1. The van der Waals surface area contributed by atoms with Gasteiger partial charge in [0, 0.05) is 18.7 Å². The van der Waals surface area contributed by atoms with Gasteiger partial charge in [-0.1, -0.05) is 43.4 Å². The molecule has 1 N–H and O–H groups in total. The molecule has 0 aliphatic rings. The normalized spacial score (nSPS) is 13.0. The van der Waals surface area contributed by atoms with Gasteiger partial charge in [-0.05, 0) is 18.2 Å². The number of nitrogens with one attached hydrogen (secondary N) is 1. The summed E-state index contributed by atoms with van der Waals surface area (Å²) in [6.07, 6.45) is 0.206. The second-order valence-electron chi connectivity index (χ2n) is 6.53. The number of halogens is 1. The van der Waals surface area contributed by atoms with Crippen LogP contribution < -0.4 is 0 Å². The van der Waals surface area contributed by atoms with E-state index in [4.69, 9.17) is 16.3 Å². The van der Waals surface area contributed by atoms with Gasteiger partial charge in [0.15, 0.2) is 0 Å². The highest BCUT2D eigenvalue weighted by Gasteiger charge is 2.29. The average molecular weight is 354 g/mol. The van der Waals surface area contributed by atoms with Crippen molar-refractivity contribution < 1.29 is 9.66 Å². The van der Waals surface area contributed by atoms with E-state index in [0.717, 1.165) is 11.6 Å². The van der Waals surface area contributed by atoms with Gasteiger partial charge in [0.05, 0.1) is 23.4 Å². The molecule has 0 aliphatic heterocycles. The van der Waals surface area contributed by atoms with Gasteiger partial charge in [-0.25, -0.2) is 0 Å². The van der Waals surface area contributed by atoms with Gasteiger partial charge in [-0.15, -0.1) is 0 Å². The van der Waals surface area contributed by atoms with E-state index in [1.165, 1.54) is 6.20 Å². The number of aromatic nitrogens is 2. The van der Waals surface area contributed by atoms with Crippen LogP contribution in [0.1, 0.15) is 11.8 Å². The zero-order valence-electron chi connectivity index (χ0n) is 13.4. The molecule has 1 aromatic heterocycles. The van der Waals surface area contributed by atoms with Crippen LogP contribution in [0.25, 0.3) is 11.3 Å². The number of rotatable bonds is 7. The molecule has 1 heterocycles. The Kier molecular flexibility index (Phi) is 5.56. The summed E-state index contributed by atoms with van der Waals surface area (Å²) in [7, 11) is -1.32. The predicted octanol–water partition coefficient (Wildman–Crippen LogP) is 4.36. The van der Waals surface area contributed by atoms with E-state index in [-0.39, 0.29) is 0 Å². The van der Waals surface area contributed by atoms with Crippen molar-refractivity contribution in [3.63, 3.8) is 0 Å². The van der Waals surface area contributed by atoms with Crippen molar-refractivity contribution in [2.24, 2.45) is 0 Å². The Bertz CT molecular complexity index is 685. The highest BCUT2D eigenvalue weighted by Crippen LogP contribution is 2.30. The first-order chi connectivity index (χ1) is 10.8. The monoisotopic (exact) mass is 353 g/mol. The minimum absolute atomic E-state index is 0.363. The van der Waals surface area contributed by atoms with Gasteiger partial charge in [-0.3, -0.25) is 15.2 Å². The molecule has 0 saturated carbocycles. The van der Waals surface area contributed by atoms with Crippen LogP contribution in [-0.2, 0) is 4.74 Å². The van der Waals surface area contributed by atoms with E-state index in [0.29, 0.717) is 22.9 Å². The lowest BCUT2D eigenvalue weighted by molar-refractivity contribution is -0.583. The van der Waals surface area contributed by atoms with Gasteiger partial charge in [0.25, 0.3) is 0 Å². The van der Waals surface area contributed by atoms with Crippen molar-refractivity contribution in [2.45, 2.75) is 31.9 Å². The molecule has 0 bridgehead atoms. The maximum absolute atomic E-state index is 11.4. The highest BCUT2D eigenvalue weighted by atomic mass is 35.5. The lowest BCUT2D eigenvalue weighted by Gasteiger charge is -2.17. The Hall–Kier alpha value is -1.70. The first-order valence-electron chi connectivity index (χ1n) is 7.32. The fraction of sp³-hybridized carbons (Fsp3) is 0.400. The summed E-state index contributed by atoms with van der Waals surface area (Å²) < 4.78 is 5.56. The zero-order valence-corrected chi connectivity index (χ0v) is 15.1. The van der Waals surface area contributed by atoms with E-state index in [1.54, 1.807) is 18.2 Å². The molecule has 0 amide bonds. The highest BCUT2D eigenvalue weighted by molar-refractivity contribution is 6.76. The van der Waals surface area contributed by atoms with E-state index in [2.05, 4.69) is 29.8 Å². The molecule has 8 heteroatoms. The number of benzene rings is 1. The van der Waals surface area contributed by atoms with E-state index >= 15 is 0 Å². The summed E-state index contributed by atoms with van der Waals surface area (Å²) in [6.45, 7) is 6.97. The largest absolute Gasteiger partial charge is 0.345 e. The summed E-state index contributed by atoms with van der Waals surface area (Å²) in [4.78, 5) is 11.0. The Balaban J connectivity index is 2.24. The SMILES string of the molecule is C[Si](C)(C)CCOC(c1cn[nH]c1-c1cccc(Cl)c1)[N+](=O)[O-]. The third-order valence-electron chi connectivity index (χ3n) is 3.37. The fourth-order valence-electron chi connectivity index (χ4n) is 2.10. The zero-order chi connectivity index (χ0) is 17.0. The van der Waals surface area contributed by atoms with E-state index in [9.17, 15) is 10.1 Å². The number of aromatic amines is 1. The molecule has 1 aromatic carbocycles. The van der Waals surface area contributed by atoms with Crippen LogP contribution in [0.2, 0.25) is 30.7 Å². The van der Waals surface area contributed by atoms with Crippen molar-refractivity contribution in [3.8, 4) is 11.3 Å². The number of nitro groups is 1. The van der Waals surface area contributed by atoms with Crippen LogP contribution in [0.15, 0.2) is 30.5 Å². The number of H-pyrrole nitrogens is 1. The van der Waals surface area contributed by atoms with Crippen molar-refractivity contribution in [1.29, 1.82) is 0 Å². The molecule has 0 saturated heterocycles. The molecular weight excluding hydrogens is 334 g/mol. The third kappa shape index (κ3) is 4.88. The van der Waals surface area contributed by atoms with Crippen LogP contribution in [0.4, 0.5) is 0 Å². The Morgan fingerprint density at radius 3 is 2.78 bits per heavy atom. The van der Waals surface area contributed by atoms with E-state index in [1.807, 2.05) is 6.07 Å². The van der Waals surface area contributed by atoms with Crippen molar-refractivity contribution >= 4 is 19.7 Å². The Labute approximate surface area is 141 Å². The second-order valence-corrected chi connectivity index (χ2v) is 12.6. The van der Waals surface area contributed by atoms with Crippen LogP contribution in [0.3, 0.4) is 0 Å². The molecule has 1 unspecified atom stereocenters. The average Bonchev–Trinajstić information content (AvgIpc) is 2.91. The van der Waals surface area contributed by atoms with E-state index < -0.39 is 19.2 Å². The predicted molar refractivity (Wildman–Crippen MR) is 92.9 cm³/mol. The van der Waals surface area contributed by atoms with Crippen molar-refractivity contribution in [2.75, 3.05) is 6.61 Å². The summed E-state index contributed by atoms with van der Waals surface area (Å²) >= 11 is 6.00. The van der Waals surface area contributed by atoms with Gasteiger partial charge >= 0.3 is 6.23 Å². The minimum Gasteiger partial charge on any atom is -0.314 e. The molecule has 23 heavy (non-hydrogen) atoms. The van der Waals surface area contributed by atoms with Gasteiger partial charge in [-0.2, -0.15) is 5.10 Å². The standard InChI is InChI=1S/C15H20ClN3O3Si/c1-23(2,3)8-7-22-15(19(20)21)13-10-17-18-14(13)11-5-4-6-12(16)9-11/h4-6,9-10,15H,7-8H2,1-3H3,(H,17,18). The summed E-state index contributed by atoms with van der Waals surface area (Å²) in [5.41, 5.74) is 1.71. The van der Waals surface area contributed by atoms with Gasteiger partial charge in [0.2, 0.25) is 0 Å². The fourth-order valence-corrected chi connectivity index (χ4v) is 3.02. The first kappa shape index (κ1) is 17.6. The van der Waals surface area contributed by atoms with Crippen molar-refractivity contribution in [1.82, 2.24) is 10.2 Å². The Morgan fingerprint density at radius 2 is 2.17 bits per heavy atom. The summed E-state index contributed by atoms with van der Waals surface area (Å²) in [5.74, 6) is 0. The molecule has 0 fully saturated rings. The number of hydrogen-bond donors (Lipinski definition) is 1. The molecule has 124 valence electrons. The molecule has 2 rings (SSSR count). The smallest absolute Gasteiger partial charge is 0.314 e. The third-order valence-corrected chi connectivity index (χ3v) is 5.31. The van der Waals surface area contributed by atoms with Gasteiger partial charge in [0.1, 0.15) is 5.56 Å². The topological polar surface area (TPSA) is 81.0 Å². The molecule has 6 nitrogen and oxygen atoms in total. The van der Waals surface area contributed by atoms with Crippen LogP contribution >= 0.6 is 11.6 Å². The number of hydrogen-bond acceptors (Lipinski definition) is 4. The van der Waals surface area contributed by atoms with Crippen LogP contribution in [0, 0.1) is 10.1 Å². The molecule has 0 aliphatic carbocycles. The maximum atomic E-state index is 11.4. The molecule has 2 aromatic rings. The molecule has 0 radical (unpaired) electrons. The minimum atomic E-state index is -1.32. The first-order valence-corrected chi connectivity index (χ1v) is 11.4. The number of nitrogens with zero attached hydrogens (tertiary/aromatic N) is 2. The summed E-state index contributed by atoms with van der Waals surface area (Å²) in [5, 5.41) is 18.7. The summed E-state index contributed by atoms with van der Waals surface area (Å²) in [6, 6.07) is 7.95. The maximum Gasteiger partial charge on any atom is 0.345 e. The molecular formula is C15H20ClN3O3Si. The Morgan fingerprint density at radius 1 is 1.43 bits per heavy atom. The second kappa shape index (κ2) is 7.25. The lowest BCUT2D eigenvalue weighted by atomic mass is 10.1. The lowest BCUT2D eigenvalue weighted by Crippen LogP contribution is -2.24. The van der Waals surface area contributed by atoms with Gasteiger partial charge < -0.3 is 4.74 Å².